The fourth-order valence-corrected chi connectivity index (χ4v) is 2.87. The number of pyridine rings is 1. The van der Waals surface area contributed by atoms with Crippen molar-refractivity contribution in [3.05, 3.63) is 59.7 Å². The minimum atomic E-state index is -2.92. The van der Waals surface area contributed by atoms with Gasteiger partial charge in [0.15, 0.2) is 11.5 Å². The number of carbonyl (C=O) groups is 1. The van der Waals surface area contributed by atoms with Gasteiger partial charge in [-0.3, -0.25) is 4.79 Å². The Kier molecular flexibility index (Phi) is 5.88. The van der Waals surface area contributed by atoms with Crippen molar-refractivity contribution in [2.24, 2.45) is 5.73 Å². The van der Waals surface area contributed by atoms with E-state index in [-0.39, 0.29) is 11.5 Å². The topological polar surface area (TPSA) is 86.5 Å². The van der Waals surface area contributed by atoms with Crippen molar-refractivity contribution >= 4 is 22.6 Å². The van der Waals surface area contributed by atoms with E-state index in [4.69, 9.17) is 10.5 Å². The van der Waals surface area contributed by atoms with Crippen molar-refractivity contribution in [1.29, 1.82) is 0 Å². The molecule has 3 aromatic rings. The number of alkyl halides is 2. The third kappa shape index (κ3) is 4.46. The van der Waals surface area contributed by atoms with Crippen molar-refractivity contribution in [3.63, 3.8) is 0 Å². The van der Waals surface area contributed by atoms with E-state index in [1.165, 1.54) is 13.2 Å². The Balaban J connectivity index is 1.72. The van der Waals surface area contributed by atoms with E-state index in [0.29, 0.717) is 35.2 Å². The van der Waals surface area contributed by atoms with Gasteiger partial charge < -0.3 is 20.5 Å². The summed E-state index contributed by atoms with van der Waals surface area (Å²) in [6.07, 6.45) is 0.575. The van der Waals surface area contributed by atoms with Crippen LogP contribution >= 0.6 is 0 Å². The van der Waals surface area contributed by atoms with Gasteiger partial charge in [-0.05, 0) is 36.2 Å². The lowest BCUT2D eigenvalue weighted by atomic mass is 10.1. The zero-order chi connectivity index (χ0) is 20.1. The number of halogens is 2. The van der Waals surface area contributed by atoms with Crippen LogP contribution in [0.1, 0.15) is 15.9 Å². The molecule has 146 valence electrons. The Morgan fingerprint density at radius 3 is 2.68 bits per heavy atom. The maximum Gasteiger partial charge on any atom is 0.387 e. The van der Waals surface area contributed by atoms with Crippen LogP contribution in [0.25, 0.3) is 10.9 Å². The maximum absolute atomic E-state index is 12.4. The van der Waals surface area contributed by atoms with Crippen molar-refractivity contribution in [2.75, 3.05) is 19.0 Å². The molecule has 0 fully saturated rings. The Morgan fingerprint density at radius 1 is 1.18 bits per heavy atom. The van der Waals surface area contributed by atoms with Gasteiger partial charge >= 0.3 is 6.61 Å². The third-order valence-corrected chi connectivity index (χ3v) is 4.15. The van der Waals surface area contributed by atoms with Crippen molar-refractivity contribution in [2.45, 2.75) is 13.0 Å². The summed E-state index contributed by atoms with van der Waals surface area (Å²) in [5.41, 5.74) is 7.39. The molecule has 0 aliphatic heterocycles. The molecule has 6 nitrogen and oxygen atoms in total. The Hall–Kier alpha value is -3.42. The number of nitrogens with two attached hydrogens (primary N) is 1. The Bertz CT molecular complexity index is 996. The van der Waals surface area contributed by atoms with Crippen LogP contribution in [0, 0.1) is 0 Å². The number of para-hydroxylation sites is 1. The average Bonchev–Trinajstić information content (AvgIpc) is 2.67. The number of nitrogens with zero attached hydrogens (tertiary/aromatic N) is 1. The van der Waals surface area contributed by atoms with Gasteiger partial charge in [-0.1, -0.05) is 24.3 Å². The highest BCUT2D eigenvalue weighted by atomic mass is 19.3. The highest BCUT2D eigenvalue weighted by Gasteiger charge is 2.12. The zero-order valence-corrected chi connectivity index (χ0v) is 15.1. The van der Waals surface area contributed by atoms with Crippen molar-refractivity contribution in [1.82, 2.24) is 4.98 Å². The first-order valence-corrected chi connectivity index (χ1v) is 8.53. The predicted molar refractivity (Wildman–Crippen MR) is 102 cm³/mol. The minimum Gasteiger partial charge on any atom is -0.493 e. The normalized spacial score (nSPS) is 10.9. The van der Waals surface area contributed by atoms with Gasteiger partial charge in [-0.2, -0.15) is 8.78 Å². The number of methoxy groups -OCH3 is 1. The highest BCUT2D eigenvalue weighted by Crippen LogP contribution is 2.29. The van der Waals surface area contributed by atoms with Crippen LogP contribution in [0.3, 0.4) is 0 Å². The summed E-state index contributed by atoms with van der Waals surface area (Å²) >= 11 is 0. The number of amides is 1. The number of carbonyl (C=O) groups excluding carboxylic acids is 1. The van der Waals surface area contributed by atoms with Gasteiger partial charge in [0.05, 0.1) is 18.2 Å². The van der Waals surface area contributed by atoms with Crippen molar-refractivity contribution < 1.29 is 23.0 Å². The first kappa shape index (κ1) is 19.3. The van der Waals surface area contributed by atoms with E-state index in [1.807, 2.05) is 12.1 Å². The van der Waals surface area contributed by atoms with Crippen LogP contribution in [0.15, 0.2) is 48.5 Å². The highest BCUT2D eigenvalue weighted by molar-refractivity contribution is 6.06. The number of primary amides is 1. The van der Waals surface area contributed by atoms with Crippen LogP contribution in [-0.4, -0.2) is 31.2 Å². The molecule has 0 spiro atoms. The van der Waals surface area contributed by atoms with Gasteiger partial charge in [0, 0.05) is 11.9 Å². The molecule has 1 amide bonds. The first-order chi connectivity index (χ1) is 13.5. The smallest absolute Gasteiger partial charge is 0.387 e. The van der Waals surface area contributed by atoms with Gasteiger partial charge in [0.1, 0.15) is 5.82 Å². The molecule has 0 aliphatic rings. The summed E-state index contributed by atoms with van der Waals surface area (Å²) in [4.78, 5) is 16.2. The quantitative estimate of drug-likeness (QED) is 0.617. The Labute approximate surface area is 160 Å². The van der Waals surface area contributed by atoms with E-state index in [2.05, 4.69) is 15.0 Å². The van der Waals surface area contributed by atoms with Crippen LogP contribution in [-0.2, 0) is 6.42 Å². The van der Waals surface area contributed by atoms with Gasteiger partial charge in [-0.25, -0.2) is 4.98 Å². The number of fused-ring (bicyclic) bond motifs is 1. The molecular weight excluding hydrogens is 368 g/mol. The molecule has 1 heterocycles. The maximum atomic E-state index is 12.4. The summed E-state index contributed by atoms with van der Waals surface area (Å²) in [5.74, 6) is 0.215. The molecule has 0 saturated carbocycles. The fraction of sp³-hybridized carbons (Fsp3) is 0.200. The van der Waals surface area contributed by atoms with Crippen molar-refractivity contribution in [3.8, 4) is 11.5 Å². The number of rotatable bonds is 8. The fourth-order valence-electron chi connectivity index (χ4n) is 2.87. The molecule has 3 N–H and O–H groups in total. The lowest BCUT2D eigenvalue weighted by Crippen LogP contribution is -2.14. The molecule has 0 aliphatic carbocycles. The first-order valence-electron chi connectivity index (χ1n) is 8.53. The Morgan fingerprint density at radius 2 is 1.96 bits per heavy atom. The third-order valence-electron chi connectivity index (χ3n) is 4.15. The second-order valence-electron chi connectivity index (χ2n) is 5.98. The number of hydrogen-bond donors (Lipinski definition) is 2. The minimum absolute atomic E-state index is 0.0171. The summed E-state index contributed by atoms with van der Waals surface area (Å²) in [6, 6.07) is 13.6. The predicted octanol–water partition coefficient (Wildman–Crippen LogP) is 3.60. The van der Waals surface area contributed by atoms with Crippen LogP contribution in [0.5, 0.6) is 11.5 Å². The van der Waals surface area contributed by atoms with Crippen LogP contribution < -0.4 is 20.5 Å². The van der Waals surface area contributed by atoms with Gasteiger partial charge in [-0.15, -0.1) is 0 Å². The van der Waals surface area contributed by atoms with E-state index >= 15 is 0 Å². The second-order valence-corrected chi connectivity index (χ2v) is 5.98. The van der Waals surface area contributed by atoms with E-state index < -0.39 is 12.5 Å². The monoisotopic (exact) mass is 387 g/mol. The molecule has 0 saturated heterocycles. The largest absolute Gasteiger partial charge is 0.493 e. The number of anilines is 1. The summed E-state index contributed by atoms with van der Waals surface area (Å²) in [7, 11) is 1.39. The second kappa shape index (κ2) is 8.51. The molecule has 0 atom stereocenters. The number of hydrogen-bond acceptors (Lipinski definition) is 5. The number of ether oxygens (including phenoxy) is 2. The molecule has 8 heteroatoms. The van der Waals surface area contributed by atoms with Gasteiger partial charge in [0.25, 0.3) is 0 Å². The molecule has 0 unspecified atom stereocenters. The van der Waals surface area contributed by atoms with E-state index in [1.54, 1.807) is 30.3 Å². The van der Waals surface area contributed by atoms with Crippen LogP contribution in [0.4, 0.5) is 14.6 Å². The summed E-state index contributed by atoms with van der Waals surface area (Å²) in [5, 5.41) is 3.85. The number of aromatic nitrogens is 1. The lowest BCUT2D eigenvalue weighted by Gasteiger charge is -2.12. The van der Waals surface area contributed by atoms with E-state index in [9.17, 15) is 13.6 Å². The molecule has 2 aromatic carbocycles. The lowest BCUT2D eigenvalue weighted by molar-refractivity contribution is -0.0512. The standard InChI is InChI=1S/C20H19F2N3O3/c1-27-17-10-12(6-7-16(17)28-20(21)22)8-9-24-18-11-14(19(23)26)13-4-2-3-5-15(13)25-18/h2-7,10-11,20H,8-9H2,1H3,(H2,23,26)(H,24,25). The zero-order valence-electron chi connectivity index (χ0n) is 15.1. The van der Waals surface area contributed by atoms with Crippen LogP contribution in [0.2, 0.25) is 0 Å². The molecule has 3 rings (SSSR count). The number of nitrogens with one attached hydrogen (secondary N) is 1. The average molecular weight is 387 g/mol. The molecular formula is C20H19F2N3O3. The molecule has 28 heavy (non-hydrogen) atoms. The molecule has 0 bridgehead atoms. The van der Waals surface area contributed by atoms with Gasteiger partial charge in [0.2, 0.25) is 5.91 Å². The summed E-state index contributed by atoms with van der Waals surface area (Å²) in [6.45, 7) is -2.42. The SMILES string of the molecule is COc1cc(CCNc2cc(C(N)=O)c3ccccc3n2)ccc1OC(F)F. The molecule has 1 aromatic heterocycles. The van der Waals surface area contributed by atoms with E-state index in [0.717, 1.165) is 5.56 Å². The number of benzene rings is 2. The summed E-state index contributed by atoms with van der Waals surface area (Å²) < 4.78 is 34.3. The molecule has 0 radical (unpaired) electrons.